The molecule has 31 heavy (non-hydrogen) atoms. The van der Waals surface area contributed by atoms with Gasteiger partial charge in [-0.1, -0.05) is 6.07 Å². The fourth-order valence-electron chi connectivity index (χ4n) is 4.17. The predicted octanol–water partition coefficient (Wildman–Crippen LogP) is 2.25. The molecule has 1 N–H and O–H groups in total. The second-order valence-electron chi connectivity index (χ2n) is 7.72. The number of carbonyl (C=O) groups excluding carboxylic acids is 3. The molecule has 0 aliphatic carbocycles. The number of benzene rings is 1. The molecule has 0 spiro atoms. The van der Waals surface area contributed by atoms with Crippen LogP contribution < -0.4 is 10.1 Å². The van der Waals surface area contributed by atoms with Gasteiger partial charge in [0.25, 0.3) is 0 Å². The summed E-state index contributed by atoms with van der Waals surface area (Å²) in [7, 11) is 0. The molecule has 8 heteroatoms. The number of fused-ring (bicyclic) bond motifs is 1. The first-order valence-electron chi connectivity index (χ1n) is 10.6. The third-order valence-electron chi connectivity index (χ3n) is 5.70. The maximum atomic E-state index is 13.3. The summed E-state index contributed by atoms with van der Waals surface area (Å²) in [6.07, 6.45) is 4.81. The molecule has 0 radical (unpaired) electrons. The summed E-state index contributed by atoms with van der Waals surface area (Å²) in [5.74, 6) is 0.276. The van der Waals surface area contributed by atoms with Crippen molar-refractivity contribution < 1.29 is 19.1 Å². The van der Waals surface area contributed by atoms with Crippen molar-refractivity contribution in [3.05, 3.63) is 59.9 Å². The SMILES string of the molecule is CCOc1ccc(C(=O)CN2C(=O)N(Cc3cccnc3)C(=O)C3NCCCC32)cc1. The Morgan fingerprint density at radius 2 is 2.03 bits per heavy atom. The number of ketones is 1. The normalized spacial score (nSPS) is 21.1. The number of nitrogens with one attached hydrogen (secondary N) is 1. The van der Waals surface area contributed by atoms with Crippen molar-refractivity contribution in [1.82, 2.24) is 20.1 Å². The zero-order chi connectivity index (χ0) is 21.8. The number of amides is 3. The number of imide groups is 1. The highest BCUT2D eigenvalue weighted by molar-refractivity contribution is 6.04. The minimum absolute atomic E-state index is 0.0769. The van der Waals surface area contributed by atoms with Crippen LogP contribution in [-0.2, 0) is 11.3 Å². The van der Waals surface area contributed by atoms with E-state index in [1.807, 2.05) is 13.0 Å². The number of nitrogens with zero attached hydrogens (tertiary/aromatic N) is 3. The van der Waals surface area contributed by atoms with Crippen LogP contribution in [0.3, 0.4) is 0 Å². The van der Waals surface area contributed by atoms with Gasteiger partial charge in [0.05, 0.1) is 25.7 Å². The van der Waals surface area contributed by atoms with Gasteiger partial charge in [-0.15, -0.1) is 0 Å². The second-order valence-corrected chi connectivity index (χ2v) is 7.72. The summed E-state index contributed by atoms with van der Waals surface area (Å²) < 4.78 is 5.43. The molecule has 1 aromatic heterocycles. The number of hydrogen-bond donors (Lipinski definition) is 1. The van der Waals surface area contributed by atoms with E-state index in [1.165, 1.54) is 4.90 Å². The molecule has 2 fully saturated rings. The molecule has 2 aliphatic heterocycles. The molecular weight excluding hydrogens is 396 g/mol. The Labute approximate surface area is 181 Å². The number of hydrogen-bond acceptors (Lipinski definition) is 6. The van der Waals surface area contributed by atoms with Gasteiger partial charge in [-0.25, -0.2) is 4.79 Å². The number of Topliss-reactive ketones (excluding diaryl/α,β-unsaturated/α-hetero) is 1. The minimum atomic E-state index is -0.503. The van der Waals surface area contributed by atoms with Crippen molar-refractivity contribution in [1.29, 1.82) is 0 Å². The van der Waals surface area contributed by atoms with E-state index in [2.05, 4.69) is 10.3 Å². The van der Waals surface area contributed by atoms with Gasteiger partial charge < -0.3 is 15.0 Å². The Balaban J connectivity index is 1.55. The molecular formula is C23H26N4O4. The van der Waals surface area contributed by atoms with Crippen molar-refractivity contribution in [3.8, 4) is 5.75 Å². The van der Waals surface area contributed by atoms with Crippen LogP contribution in [0.15, 0.2) is 48.8 Å². The van der Waals surface area contributed by atoms with E-state index < -0.39 is 12.1 Å². The van der Waals surface area contributed by atoms with E-state index in [4.69, 9.17) is 4.74 Å². The molecule has 2 aromatic rings. The number of piperidine rings is 1. The van der Waals surface area contributed by atoms with Crippen molar-refractivity contribution in [2.75, 3.05) is 19.7 Å². The van der Waals surface area contributed by atoms with Crippen LogP contribution in [-0.4, -0.2) is 64.3 Å². The first kappa shape index (κ1) is 21.0. The number of rotatable bonds is 7. The zero-order valence-corrected chi connectivity index (χ0v) is 17.5. The number of urea groups is 1. The van der Waals surface area contributed by atoms with Crippen LogP contribution in [0, 0.1) is 0 Å². The monoisotopic (exact) mass is 422 g/mol. The van der Waals surface area contributed by atoms with E-state index in [0.717, 1.165) is 12.0 Å². The third kappa shape index (κ3) is 4.44. The lowest BCUT2D eigenvalue weighted by Gasteiger charge is -2.46. The first-order chi connectivity index (χ1) is 15.1. The highest BCUT2D eigenvalue weighted by Crippen LogP contribution is 2.26. The first-order valence-corrected chi connectivity index (χ1v) is 10.6. The molecule has 162 valence electrons. The number of aromatic nitrogens is 1. The van der Waals surface area contributed by atoms with Crippen LogP contribution in [0.1, 0.15) is 35.7 Å². The number of pyridine rings is 1. The van der Waals surface area contributed by atoms with Gasteiger partial charge in [0.1, 0.15) is 11.8 Å². The van der Waals surface area contributed by atoms with Crippen molar-refractivity contribution >= 4 is 17.7 Å². The molecule has 3 amide bonds. The van der Waals surface area contributed by atoms with Gasteiger partial charge >= 0.3 is 6.03 Å². The molecule has 3 heterocycles. The summed E-state index contributed by atoms with van der Waals surface area (Å²) in [6, 6.07) is 9.23. The fourth-order valence-corrected chi connectivity index (χ4v) is 4.17. The van der Waals surface area contributed by atoms with Gasteiger partial charge in [-0.3, -0.25) is 19.5 Å². The molecule has 8 nitrogen and oxygen atoms in total. The smallest absolute Gasteiger partial charge is 0.327 e. The van der Waals surface area contributed by atoms with Gasteiger partial charge in [0.15, 0.2) is 5.78 Å². The molecule has 2 atom stereocenters. The Hall–Kier alpha value is -3.26. The highest BCUT2D eigenvalue weighted by atomic mass is 16.5. The van der Waals surface area contributed by atoms with Crippen LogP contribution >= 0.6 is 0 Å². The van der Waals surface area contributed by atoms with Crippen molar-refractivity contribution in [2.24, 2.45) is 0 Å². The number of carbonyl (C=O) groups is 3. The summed E-state index contributed by atoms with van der Waals surface area (Å²) >= 11 is 0. The Morgan fingerprint density at radius 3 is 2.74 bits per heavy atom. The van der Waals surface area contributed by atoms with Crippen LogP contribution in [0.5, 0.6) is 5.75 Å². The van der Waals surface area contributed by atoms with E-state index in [0.29, 0.717) is 30.9 Å². The lowest BCUT2D eigenvalue weighted by Crippen LogP contribution is -2.69. The van der Waals surface area contributed by atoms with Gasteiger partial charge in [0, 0.05) is 18.0 Å². The van der Waals surface area contributed by atoms with E-state index in [-0.39, 0.29) is 30.8 Å². The predicted molar refractivity (Wildman–Crippen MR) is 114 cm³/mol. The summed E-state index contributed by atoms with van der Waals surface area (Å²) in [5, 5.41) is 3.24. The molecule has 0 bridgehead atoms. The molecule has 2 aliphatic rings. The quantitative estimate of drug-likeness (QED) is 0.688. The van der Waals surface area contributed by atoms with E-state index in [9.17, 15) is 14.4 Å². The standard InChI is InChI=1S/C23H26N4O4/c1-2-31-18-9-7-17(8-10-18)20(28)15-26-19-6-4-12-25-21(19)22(29)27(23(26)30)14-16-5-3-11-24-13-16/h3,5,7-11,13,19,21,25H,2,4,6,12,14-15H2,1H3. The van der Waals surface area contributed by atoms with Crippen LogP contribution in [0.2, 0.25) is 0 Å². The Kier molecular flexibility index (Phi) is 6.27. The Morgan fingerprint density at radius 1 is 1.23 bits per heavy atom. The highest BCUT2D eigenvalue weighted by Gasteiger charge is 2.47. The van der Waals surface area contributed by atoms with Crippen LogP contribution in [0.25, 0.3) is 0 Å². The Bertz CT molecular complexity index is 948. The molecule has 0 saturated carbocycles. The number of ether oxygens (including phenoxy) is 1. The lowest BCUT2D eigenvalue weighted by molar-refractivity contribution is -0.137. The minimum Gasteiger partial charge on any atom is -0.494 e. The van der Waals surface area contributed by atoms with Gasteiger partial charge in [-0.2, -0.15) is 0 Å². The lowest BCUT2D eigenvalue weighted by atomic mass is 9.92. The van der Waals surface area contributed by atoms with Crippen molar-refractivity contribution in [2.45, 2.75) is 38.4 Å². The second kappa shape index (κ2) is 9.26. The topological polar surface area (TPSA) is 91.8 Å². The summed E-state index contributed by atoms with van der Waals surface area (Å²) in [5.41, 5.74) is 1.27. The maximum Gasteiger partial charge on any atom is 0.327 e. The van der Waals surface area contributed by atoms with Crippen LogP contribution in [0.4, 0.5) is 4.79 Å². The molecule has 2 saturated heterocycles. The van der Waals surface area contributed by atoms with Gasteiger partial charge in [0.2, 0.25) is 5.91 Å². The fraction of sp³-hybridized carbons (Fsp3) is 0.391. The maximum absolute atomic E-state index is 13.3. The zero-order valence-electron chi connectivity index (χ0n) is 17.5. The molecule has 2 unspecified atom stereocenters. The molecule has 1 aromatic carbocycles. The average Bonchev–Trinajstić information content (AvgIpc) is 2.81. The summed E-state index contributed by atoms with van der Waals surface area (Å²) in [6.45, 7) is 3.21. The van der Waals surface area contributed by atoms with E-state index in [1.54, 1.807) is 47.6 Å². The largest absolute Gasteiger partial charge is 0.494 e. The van der Waals surface area contributed by atoms with Gasteiger partial charge in [-0.05, 0) is 62.2 Å². The third-order valence-corrected chi connectivity index (χ3v) is 5.70. The average molecular weight is 422 g/mol. The van der Waals surface area contributed by atoms with Crippen molar-refractivity contribution in [3.63, 3.8) is 0 Å². The molecule has 4 rings (SSSR count). The summed E-state index contributed by atoms with van der Waals surface area (Å²) in [4.78, 5) is 46.2. The van der Waals surface area contributed by atoms with E-state index >= 15 is 0 Å².